The first-order valence-electron chi connectivity index (χ1n) is 4.32. The molecule has 0 aliphatic carbocycles. The van der Waals surface area contributed by atoms with E-state index in [4.69, 9.17) is 10.5 Å². The Morgan fingerprint density at radius 1 is 1.18 bits per heavy atom. The van der Waals surface area contributed by atoms with Crippen LogP contribution in [-0.2, 0) is 4.74 Å². The van der Waals surface area contributed by atoms with Crippen LogP contribution in [0.2, 0.25) is 0 Å². The van der Waals surface area contributed by atoms with Crippen molar-refractivity contribution in [2.24, 2.45) is 11.1 Å². The van der Waals surface area contributed by atoms with E-state index >= 15 is 0 Å². The first-order valence-corrected chi connectivity index (χ1v) is 4.32. The molecular weight excluding hydrogens is 138 g/mol. The average molecular weight is 157 g/mol. The molecule has 0 amide bonds. The maximum absolute atomic E-state index is 6.26. The minimum Gasteiger partial charge on any atom is -0.381 e. The van der Waals surface area contributed by atoms with E-state index < -0.39 is 0 Å². The molecule has 2 N–H and O–H groups in total. The van der Waals surface area contributed by atoms with Crippen LogP contribution in [0.3, 0.4) is 0 Å². The molecule has 1 aliphatic heterocycles. The lowest BCUT2D eigenvalue weighted by Gasteiger charge is -2.44. The quantitative estimate of drug-likeness (QED) is 0.579. The van der Waals surface area contributed by atoms with E-state index in [1.165, 1.54) is 0 Å². The minimum absolute atomic E-state index is 0.00868. The highest BCUT2D eigenvalue weighted by molar-refractivity contribution is 4.96. The summed E-state index contributed by atoms with van der Waals surface area (Å²) in [4.78, 5) is 0. The van der Waals surface area contributed by atoms with E-state index in [-0.39, 0.29) is 11.0 Å². The van der Waals surface area contributed by atoms with E-state index in [2.05, 4.69) is 20.8 Å². The second-order valence-corrected chi connectivity index (χ2v) is 4.52. The second kappa shape index (κ2) is 2.76. The predicted molar refractivity (Wildman–Crippen MR) is 46.4 cm³/mol. The van der Waals surface area contributed by atoms with Gasteiger partial charge < -0.3 is 10.5 Å². The summed E-state index contributed by atoms with van der Waals surface area (Å²) in [7, 11) is 0. The summed E-state index contributed by atoms with van der Waals surface area (Å²) in [5.74, 6) is 0. The zero-order valence-corrected chi connectivity index (χ0v) is 7.81. The van der Waals surface area contributed by atoms with Crippen molar-refractivity contribution < 1.29 is 4.74 Å². The van der Waals surface area contributed by atoms with Crippen molar-refractivity contribution in [3.63, 3.8) is 0 Å². The second-order valence-electron chi connectivity index (χ2n) is 4.52. The Bertz CT molecular complexity index is 131. The van der Waals surface area contributed by atoms with Gasteiger partial charge in [0.2, 0.25) is 0 Å². The Morgan fingerprint density at radius 3 is 1.91 bits per heavy atom. The summed E-state index contributed by atoms with van der Waals surface area (Å²) < 4.78 is 5.28. The maximum atomic E-state index is 6.26. The molecule has 0 aromatic rings. The standard InChI is InChI=1S/C9H19NO/c1-8(2,3)9(10)4-6-11-7-5-9/h4-7,10H2,1-3H3. The van der Waals surface area contributed by atoms with E-state index in [0.29, 0.717) is 0 Å². The molecule has 0 aromatic heterocycles. The van der Waals surface area contributed by atoms with Crippen LogP contribution in [0.4, 0.5) is 0 Å². The smallest absolute Gasteiger partial charge is 0.0483 e. The van der Waals surface area contributed by atoms with Crippen molar-refractivity contribution in [3.05, 3.63) is 0 Å². The Kier molecular flexibility index (Phi) is 2.26. The van der Waals surface area contributed by atoms with Crippen molar-refractivity contribution in [1.82, 2.24) is 0 Å². The molecule has 0 unspecified atom stereocenters. The van der Waals surface area contributed by atoms with Crippen LogP contribution >= 0.6 is 0 Å². The Hall–Kier alpha value is -0.0800. The summed E-state index contributed by atoms with van der Waals surface area (Å²) in [6, 6.07) is 0. The van der Waals surface area contributed by atoms with E-state index in [0.717, 1.165) is 26.1 Å². The van der Waals surface area contributed by atoms with Gasteiger partial charge in [-0.1, -0.05) is 20.8 Å². The summed E-state index contributed by atoms with van der Waals surface area (Å²) in [5, 5.41) is 0. The van der Waals surface area contributed by atoms with E-state index in [1.807, 2.05) is 0 Å². The number of rotatable bonds is 0. The molecule has 11 heavy (non-hydrogen) atoms. The summed E-state index contributed by atoms with van der Waals surface area (Å²) >= 11 is 0. The topological polar surface area (TPSA) is 35.2 Å². The number of hydrogen-bond donors (Lipinski definition) is 1. The van der Waals surface area contributed by atoms with Gasteiger partial charge in [0.1, 0.15) is 0 Å². The van der Waals surface area contributed by atoms with E-state index in [1.54, 1.807) is 0 Å². The van der Waals surface area contributed by atoms with Crippen LogP contribution < -0.4 is 5.73 Å². The Balaban J connectivity index is 2.64. The summed E-state index contributed by atoms with van der Waals surface area (Å²) in [6.07, 6.45) is 1.99. The number of ether oxygens (including phenoxy) is 1. The fourth-order valence-corrected chi connectivity index (χ4v) is 1.49. The molecule has 0 saturated carbocycles. The van der Waals surface area contributed by atoms with Crippen LogP contribution in [-0.4, -0.2) is 18.8 Å². The molecule has 0 atom stereocenters. The van der Waals surface area contributed by atoms with Crippen molar-refractivity contribution in [3.8, 4) is 0 Å². The van der Waals surface area contributed by atoms with Gasteiger partial charge in [-0.25, -0.2) is 0 Å². The van der Waals surface area contributed by atoms with Gasteiger partial charge in [0, 0.05) is 18.8 Å². The molecule has 2 nitrogen and oxygen atoms in total. The highest BCUT2D eigenvalue weighted by Gasteiger charge is 2.39. The molecule has 0 aromatic carbocycles. The Labute approximate surface area is 69.1 Å². The fraction of sp³-hybridized carbons (Fsp3) is 1.00. The number of hydrogen-bond acceptors (Lipinski definition) is 2. The molecule has 0 radical (unpaired) electrons. The van der Waals surface area contributed by atoms with Gasteiger partial charge in [0.05, 0.1) is 0 Å². The first-order chi connectivity index (χ1) is 4.96. The van der Waals surface area contributed by atoms with Gasteiger partial charge in [-0.05, 0) is 18.3 Å². The van der Waals surface area contributed by atoms with Gasteiger partial charge in [-0.3, -0.25) is 0 Å². The van der Waals surface area contributed by atoms with Gasteiger partial charge in [0.25, 0.3) is 0 Å². The fourth-order valence-electron chi connectivity index (χ4n) is 1.49. The molecular formula is C9H19NO. The largest absolute Gasteiger partial charge is 0.381 e. The van der Waals surface area contributed by atoms with Crippen LogP contribution in [0.1, 0.15) is 33.6 Å². The van der Waals surface area contributed by atoms with Gasteiger partial charge in [-0.2, -0.15) is 0 Å². The third-order valence-corrected chi connectivity index (χ3v) is 2.88. The van der Waals surface area contributed by atoms with Crippen LogP contribution in [0.5, 0.6) is 0 Å². The van der Waals surface area contributed by atoms with Gasteiger partial charge >= 0.3 is 0 Å². The molecule has 1 heterocycles. The first kappa shape index (κ1) is 9.01. The van der Waals surface area contributed by atoms with Crippen LogP contribution in [0.25, 0.3) is 0 Å². The minimum atomic E-state index is -0.00868. The molecule has 0 bridgehead atoms. The SMILES string of the molecule is CC(C)(C)C1(N)CCOCC1. The lowest BCUT2D eigenvalue weighted by atomic mass is 9.70. The maximum Gasteiger partial charge on any atom is 0.0483 e. The third-order valence-electron chi connectivity index (χ3n) is 2.88. The molecule has 0 spiro atoms. The van der Waals surface area contributed by atoms with E-state index in [9.17, 15) is 0 Å². The molecule has 1 fully saturated rings. The van der Waals surface area contributed by atoms with Crippen molar-refractivity contribution >= 4 is 0 Å². The normalized spacial score (nSPS) is 25.1. The van der Waals surface area contributed by atoms with Crippen LogP contribution in [0, 0.1) is 5.41 Å². The van der Waals surface area contributed by atoms with Crippen LogP contribution in [0.15, 0.2) is 0 Å². The Morgan fingerprint density at radius 2 is 1.64 bits per heavy atom. The highest BCUT2D eigenvalue weighted by Crippen LogP contribution is 2.35. The van der Waals surface area contributed by atoms with Crippen molar-refractivity contribution in [2.45, 2.75) is 39.2 Å². The lowest BCUT2D eigenvalue weighted by Crippen LogP contribution is -2.54. The summed E-state index contributed by atoms with van der Waals surface area (Å²) in [5.41, 5.74) is 6.45. The summed E-state index contributed by atoms with van der Waals surface area (Å²) in [6.45, 7) is 8.27. The number of nitrogens with two attached hydrogens (primary N) is 1. The highest BCUT2D eigenvalue weighted by atomic mass is 16.5. The molecule has 1 aliphatic rings. The lowest BCUT2D eigenvalue weighted by molar-refractivity contribution is 0.00919. The molecule has 1 saturated heterocycles. The van der Waals surface area contributed by atoms with Crippen molar-refractivity contribution in [2.75, 3.05) is 13.2 Å². The average Bonchev–Trinajstić information content (AvgIpc) is 1.87. The molecule has 2 heteroatoms. The van der Waals surface area contributed by atoms with Crippen molar-refractivity contribution in [1.29, 1.82) is 0 Å². The third kappa shape index (κ3) is 1.74. The predicted octanol–water partition coefficient (Wildman–Crippen LogP) is 1.54. The monoisotopic (exact) mass is 157 g/mol. The molecule has 1 rings (SSSR count). The molecule has 66 valence electrons. The zero-order valence-electron chi connectivity index (χ0n) is 7.81. The van der Waals surface area contributed by atoms with Gasteiger partial charge in [0.15, 0.2) is 0 Å². The van der Waals surface area contributed by atoms with Gasteiger partial charge in [-0.15, -0.1) is 0 Å². The zero-order chi connectivity index (χ0) is 8.54.